The first-order valence-corrected chi connectivity index (χ1v) is 5.47. The smallest absolute Gasteiger partial charge is 0.215 e. The van der Waals surface area contributed by atoms with Crippen LogP contribution in [0.2, 0.25) is 0 Å². The zero-order valence-corrected chi connectivity index (χ0v) is 9.05. The molecular weight excluding hydrogens is 186 g/mol. The molecule has 0 N–H and O–H groups in total. The van der Waals surface area contributed by atoms with Crippen molar-refractivity contribution in [1.82, 2.24) is 0 Å². The first-order chi connectivity index (χ1) is 6.07. The van der Waals surface area contributed by atoms with E-state index in [9.17, 15) is 10.1 Å². The summed E-state index contributed by atoms with van der Waals surface area (Å²) in [6.45, 7) is 7.73. The summed E-state index contributed by atoms with van der Waals surface area (Å²) in [6.07, 6.45) is 2.77. The molecule has 0 saturated carbocycles. The summed E-state index contributed by atoms with van der Waals surface area (Å²) in [4.78, 5) is 10.1. The molecule has 0 rings (SSSR count). The van der Waals surface area contributed by atoms with Crippen molar-refractivity contribution in [2.45, 2.75) is 25.5 Å². The summed E-state index contributed by atoms with van der Waals surface area (Å²) in [5.41, 5.74) is 0. The molecule has 1 atom stereocenters. The third kappa shape index (κ3) is 6.63. The highest BCUT2D eigenvalue weighted by Crippen LogP contribution is 2.20. The van der Waals surface area contributed by atoms with Crippen molar-refractivity contribution >= 4 is 11.8 Å². The SMILES string of the molecule is C=CCCSC(C[N+](=O)[O-])C(C)C. The van der Waals surface area contributed by atoms with E-state index in [1.165, 1.54) is 0 Å². The van der Waals surface area contributed by atoms with Crippen LogP contribution in [0.5, 0.6) is 0 Å². The van der Waals surface area contributed by atoms with Gasteiger partial charge >= 0.3 is 0 Å². The van der Waals surface area contributed by atoms with Crippen LogP contribution in [0, 0.1) is 16.0 Å². The molecule has 0 radical (unpaired) electrons. The Morgan fingerprint density at radius 2 is 2.23 bits per heavy atom. The summed E-state index contributed by atoms with van der Waals surface area (Å²) >= 11 is 1.67. The van der Waals surface area contributed by atoms with Crippen molar-refractivity contribution in [1.29, 1.82) is 0 Å². The molecule has 0 aromatic rings. The summed E-state index contributed by atoms with van der Waals surface area (Å²) in [5.74, 6) is 1.29. The van der Waals surface area contributed by atoms with E-state index in [0.29, 0.717) is 5.92 Å². The molecule has 0 aliphatic carbocycles. The quantitative estimate of drug-likeness (QED) is 0.276. The highest BCUT2D eigenvalue weighted by atomic mass is 32.2. The minimum absolute atomic E-state index is 0.0689. The van der Waals surface area contributed by atoms with Gasteiger partial charge in [0.2, 0.25) is 6.54 Å². The van der Waals surface area contributed by atoms with E-state index in [4.69, 9.17) is 0 Å². The second kappa shape index (κ2) is 6.95. The van der Waals surface area contributed by atoms with Crippen molar-refractivity contribution in [2.24, 2.45) is 5.92 Å². The van der Waals surface area contributed by atoms with Crippen LogP contribution in [-0.4, -0.2) is 22.5 Å². The second-order valence-corrected chi connectivity index (χ2v) is 4.59. The normalized spacial score (nSPS) is 12.8. The number of hydrogen-bond acceptors (Lipinski definition) is 3. The fraction of sp³-hybridized carbons (Fsp3) is 0.778. The van der Waals surface area contributed by atoms with Gasteiger partial charge in [0.05, 0.1) is 5.25 Å². The summed E-state index contributed by atoms with van der Waals surface area (Å²) in [5, 5.41) is 10.5. The van der Waals surface area contributed by atoms with Crippen LogP contribution in [0.15, 0.2) is 12.7 Å². The van der Waals surface area contributed by atoms with Gasteiger partial charge in [-0.3, -0.25) is 10.1 Å². The second-order valence-electron chi connectivity index (χ2n) is 3.25. The lowest BCUT2D eigenvalue weighted by molar-refractivity contribution is -0.480. The molecule has 0 aromatic heterocycles. The van der Waals surface area contributed by atoms with E-state index >= 15 is 0 Å². The lowest BCUT2D eigenvalue weighted by Crippen LogP contribution is -2.22. The number of rotatable bonds is 7. The Labute approximate surface area is 83.7 Å². The zero-order valence-electron chi connectivity index (χ0n) is 8.23. The molecule has 0 heterocycles. The lowest BCUT2D eigenvalue weighted by atomic mass is 10.1. The van der Waals surface area contributed by atoms with Crippen molar-refractivity contribution < 1.29 is 4.92 Å². The Morgan fingerprint density at radius 1 is 1.62 bits per heavy atom. The molecule has 3 nitrogen and oxygen atoms in total. The first-order valence-electron chi connectivity index (χ1n) is 4.42. The Morgan fingerprint density at radius 3 is 2.62 bits per heavy atom. The molecule has 0 bridgehead atoms. The Bertz CT molecular complexity index is 171. The zero-order chi connectivity index (χ0) is 10.3. The minimum Gasteiger partial charge on any atom is -0.265 e. The standard InChI is InChI=1S/C9H17NO2S/c1-4-5-6-13-9(8(2)3)7-10(11)12/h4,8-9H,1,5-7H2,2-3H3. The first kappa shape index (κ1) is 12.5. The van der Waals surface area contributed by atoms with Gasteiger partial charge in [-0.2, -0.15) is 11.8 Å². The Kier molecular flexibility index (Phi) is 6.68. The fourth-order valence-corrected chi connectivity index (χ4v) is 2.12. The van der Waals surface area contributed by atoms with Crippen molar-refractivity contribution in [2.75, 3.05) is 12.3 Å². The summed E-state index contributed by atoms with van der Waals surface area (Å²) in [7, 11) is 0. The topological polar surface area (TPSA) is 43.1 Å². The van der Waals surface area contributed by atoms with E-state index in [1.54, 1.807) is 11.8 Å². The van der Waals surface area contributed by atoms with Crippen LogP contribution in [0.3, 0.4) is 0 Å². The van der Waals surface area contributed by atoms with E-state index in [2.05, 4.69) is 6.58 Å². The third-order valence-electron chi connectivity index (χ3n) is 1.73. The fourth-order valence-electron chi connectivity index (χ4n) is 0.906. The van der Waals surface area contributed by atoms with Gasteiger partial charge in [-0.25, -0.2) is 0 Å². The molecule has 76 valence electrons. The van der Waals surface area contributed by atoms with Crippen LogP contribution < -0.4 is 0 Å². The number of allylic oxidation sites excluding steroid dienone is 1. The maximum Gasteiger partial charge on any atom is 0.215 e. The molecule has 0 aromatic carbocycles. The van der Waals surface area contributed by atoms with Gasteiger partial charge in [-0.05, 0) is 18.1 Å². The van der Waals surface area contributed by atoms with E-state index in [1.807, 2.05) is 19.9 Å². The number of hydrogen-bond donors (Lipinski definition) is 0. The van der Waals surface area contributed by atoms with Gasteiger partial charge in [0.25, 0.3) is 0 Å². The number of nitro groups is 1. The number of nitrogens with zero attached hydrogens (tertiary/aromatic N) is 1. The van der Waals surface area contributed by atoms with Crippen molar-refractivity contribution in [3.63, 3.8) is 0 Å². The van der Waals surface area contributed by atoms with Crippen LogP contribution in [0.25, 0.3) is 0 Å². The molecule has 4 heteroatoms. The average Bonchev–Trinajstić information content (AvgIpc) is 2.02. The molecule has 0 saturated heterocycles. The van der Waals surface area contributed by atoms with Crippen LogP contribution in [-0.2, 0) is 0 Å². The predicted octanol–water partition coefficient (Wildman–Crippen LogP) is 2.60. The molecule has 0 fully saturated rings. The van der Waals surface area contributed by atoms with Crippen molar-refractivity contribution in [3.8, 4) is 0 Å². The minimum atomic E-state index is -0.231. The van der Waals surface area contributed by atoms with Gasteiger partial charge in [0.15, 0.2) is 0 Å². The highest BCUT2D eigenvalue weighted by molar-refractivity contribution is 7.99. The van der Waals surface area contributed by atoms with E-state index < -0.39 is 0 Å². The monoisotopic (exact) mass is 203 g/mol. The third-order valence-corrected chi connectivity index (χ3v) is 3.32. The maximum absolute atomic E-state index is 10.3. The Balaban J connectivity index is 3.80. The largest absolute Gasteiger partial charge is 0.265 e. The van der Waals surface area contributed by atoms with Crippen LogP contribution in [0.4, 0.5) is 0 Å². The van der Waals surface area contributed by atoms with Gasteiger partial charge in [0, 0.05) is 4.92 Å². The van der Waals surface area contributed by atoms with Gasteiger partial charge < -0.3 is 0 Å². The predicted molar refractivity (Wildman–Crippen MR) is 57.8 cm³/mol. The molecular formula is C9H17NO2S. The van der Waals surface area contributed by atoms with Gasteiger partial charge in [-0.1, -0.05) is 19.9 Å². The Hall–Kier alpha value is -0.510. The number of thioether (sulfide) groups is 1. The summed E-state index contributed by atoms with van der Waals surface area (Å²) < 4.78 is 0. The molecule has 0 spiro atoms. The maximum atomic E-state index is 10.3. The molecule has 0 amide bonds. The van der Waals surface area contributed by atoms with E-state index in [0.717, 1.165) is 12.2 Å². The van der Waals surface area contributed by atoms with Gasteiger partial charge in [-0.15, -0.1) is 6.58 Å². The van der Waals surface area contributed by atoms with Crippen molar-refractivity contribution in [3.05, 3.63) is 22.8 Å². The average molecular weight is 203 g/mol. The van der Waals surface area contributed by atoms with Crippen LogP contribution in [0.1, 0.15) is 20.3 Å². The van der Waals surface area contributed by atoms with E-state index in [-0.39, 0.29) is 16.7 Å². The molecule has 0 aliphatic heterocycles. The van der Waals surface area contributed by atoms with Gasteiger partial charge in [0.1, 0.15) is 0 Å². The molecule has 0 aliphatic rings. The van der Waals surface area contributed by atoms with Crippen LogP contribution >= 0.6 is 11.8 Å². The molecule has 13 heavy (non-hydrogen) atoms. The highest BCUT2D eigenvalue weighted by Gasteiger charge is 2.18. The molecule has 1 unspecified atom stereocenters. The lowest BCUT2D eigenvalue weighted by Gasteiger charge is -2.15. The summed E-state index contributed by atoms with van der Waals surface area (Å²) in [6, 6.07) is 0.